The fourth-order valence-electron chi connectivity index (χ4n) is 2.39. The molecule has 1 aromatic carbocycles. The first-order valence-corrected chi connectivity index (χ1v) is 8.60. The third-order valence-electron chi connectivity index (χ3n) is 3.57. The number of amides is 1. The van der Waals surface area contributed by atoms with E-state index >= 15 is 0 Å². The molecule has 1 N–H and O–H groups in total. The second-order valence-corrected chi connectivity index (χ2v) is 6.67. The largest absolute Gasteiger partial charge is 0.489 e. The summed E-state index contributed by atoms with van der Waals surface area (Å²) in [5.74, 6) is 0.320. The third-order valence-corrected chi connectivity index (χ3v) is 3.85. The van der Waals surface area contributed by atoms with Gasteiger partial charge >= 0.3 is 0 Å². The van der Waals surface area contributed by atoms with Crippen LogP contribution < -0.4 is 10.1 Å². The summed E-state index contributed by atoms with van der Waals surface area (Å²) in [6.45, 7) is 6.09. The van der Waals surface area contributed by atoms with Gasteiger partial charge in [-0.05, 0) is 54.2 Å². The number of pyridine rings is 1. The van der Waals surface area contributed by atoms with Crippen molar-refractivity contribution in [3.63, 3.8) is 0 Å². The van der Waals surface area contributed by atoms with E-state index in [1.807, 2.05) is 0 Å². The molecule has 0 spiro atoms. The van der Waals surface area contributed by atoms with Gasteiger partial charge in [-0.15, -0.1) is 0 Å². The molecule has 0 aliphatic heterocycles. The maximum Gasteiger partial charge on any atom is 0.222 e. The number of carbonyl (C=O) groups excluding carboxylic acids is 1. The second kappa shape index (κ2) is 8.81. The molecule has 0 bridgehead atoms. The number of carbonyl (C=O) groups is 1. The molecule has 0 atom stereocenters. The molecule has 6 heteroatoms. The Bertz CT molecular complexity index is 727. The van der Waals surface area contributed by atoms with Gasteiger partial charge in [-0.2, -0.15) is 0 Å². The number of aromatic nitrogens is 1. The summed E-state index contributed by atoms with van der Waals surface area (Å²) >= 11 is 6.20. The Morgan fingerprint density at radius 1 is 1.32 bits per heavy atom. The number of nitrogens with zero attached hydrogens (tertiary/aromatic N) is 1. The Morgan fingerprint density at radius 2 is 2.08 bits per heavy atom. The van der Waals surface area contributed by atoms with Gasteiger partial charge in [-0.3, -0.25) is 4.79 Å². The lowest BCUT2D eigenvalue weighted by molar-refractivity contribution is -0.114. The molecule has 25 heavy (non-hydrogen) atoms. The predicted octanol–water partition coefficient (Wildman–Crippen LogP) is 5.31. The number of rotatable bonds is 7. The van der Waals surface area contributed by atoms with Crippen molar-refractivity contribution in [1.29, 1.82) is 0 Å². The SMILES string of the molecule is CC(=O)Nc1cc(-c2cc(F)c(OCCCC(C)C)c(Cl)c2)ccn1. The van der Waals surface area contributed by atoms with Crippen LogP contribution in [-0.4, -0.2) is 17.5 Å². The van der Waals surface area contributed by atoms with Crippen LogP contribution in [0.2, 0.25) is 5.02 Å². The van der Waals surface area contributed by atoms with Gasteiger partial charge in [0.2, 0.25) is 5.91 Å². The van der Waals surface area contributed by atoms with E-state index in [0.717, 1.165) is 12.8 Å². The number of nitrogens with one attached hydrogen (secondary N) is 1. The average molecular weight is 365 g/mol. The van der Waals surface area contributed by atoms with E-state index in [1.165, 1.54) is 13.0 Å². The zero-order valence-electron chi connectivity index (χ0n) is 14.6. The Kier molecular flexibility index (Phi) is 6.76. The molecule has 0 saturated carbocycles. The van der Waals surface area contributed by atoms with E-state index in [9.17, 15) is 9.18 Å². The Balaban J connectivity index is 2.17. The lowest BCUT2D eigenvalue weighted by Gasteiger charge is -2.12. The number of halogens is 2. The highest BCUT2D eigenvalue weighted by Crippen LogP contribution is 2.34. The van der Waals surface area contributed by atoms with Crippen molar-refractivity contribution >= 4 is 23.3 Å². The molecule has 0 aliphatic carbocycles. The van der Waals surface area contributed by atoms with Crippen LogP contribution in [-0.2, 0) is 4.79 Å². The fourth-order valence-corrected chi connectivity index (χ4v) is 2.65. The van der Waals surface area contributed by atoms with Gasteiger partial charge in [0, 0.05) is 13.1 Å². The molecule has 0 unspecified atom stereocenters. The number of hydrogen-bond donors (Lipinski definition) is 1. The van der Waals surface area contributed by atoms with Gasteiger partial charge in [0.1, 0.15) is 5.82 Å². The van der Waals surface area contributed by atoms with Crippen LogP contribution >= 0.6 is 11.6 Å². The highest BCUT2D eigenvalue weighted by atomic mass is 35.5. The van der Waals surface area contributed by atoms with Gasteiger partial charge in [0.25, 0.3) is 0 Å². The van der Waals surface area contributed by atoms with Crippen molar-refractivity contribution in [2.24, 2.45) is 5.92 Å². The lowest BCUT2D eigenvalue weighted by Crippen LogP contribution is -2.07. The van der Waals surface area contributed by atoms with E-state index in [1.54, 1.807) is 24.4 Å². The minimum Gasteiger partial charge on any atom is -0.489 e. The highest BCUT2D eigenvalue weighted by molar-refractivity contribution is 6.32. The molecule has 2 aromatic rings. The summed E-state index contributed by atoms with van der Waals surface area (Å²) in [6, 6.07) is 6.40. The molecule has 0 aliphatic rings. The molecule has 2 rings (SSSR count). The number of anilines is 1. The minimum atomic E-state index is -0.509. The van der Waals surface area contributed by atoms with Crippen molar-refractivity contribution in [3.05, 3.63) is 41.3 Å². The van der Waals surface area contributed by atoms with Gasteiger partial charge in [-0.1, -0.05) is 25.4 Å². The maximum atomic E-state index is 14.4. The van der Waals surface area contributed by atoms with Crippen molar-refractivity contribution in [1.82, 2.24) is 4.98 Å². The maximum absolute atomic E-state index is 14.4. The van der Waals surface area contributed by atoms with Crippen LogP contribution in [0.5, 0.6) is 5.75 Å². The summed E-state index contributed by atoms with van der Waals surface area (Å²) in [5, 5.41) is 2.82. The van der Waals surface area contributed by atoms with Crippen LogP contribution in [0.4, 0.5) is 10.2 Å². The van der Waals surface area contributed by atoms with Crippen LogP contribution in [0.1, 0.15) is 33.6 Å². The van der Waals surface area contributed by atoms with Gasteiger partial charge < -0.3 is 10.1 Å². The number of ether oxygens (including phenoxy) is 1. The van der Waals surface area contributed by atoms with Crippen molar-refractivity contribution in [3.8, 4) is 16.9 Å². The van der Waals surface area contributed by atoms with E-state index in [4.69, 9.17) is 16.3 Å². The average Bonchev–Trinajstić information content (AvgIpc) is 2.52. The fraction of sp³-hybridized carbons (Fsp3) is 0.368. The molecule has 1 aromatic heterocycles. The van der Waals surface area contributed by atoms with Crippen molar-refractivity contribution in [2.75, 3.05) is 11.9 Å². The molecule has 4 nitrogen and oxygen atoms in total. The van der Waals surface area contributed by atoms with Crippen LogP contribution in [0.3, 0.4) is 0 Å². The summed E-state index contributed by atoms with van der Waals surface area (Å²) in [7, 11) is 0. The summed E-state index contributed by atoms with van der Waals surface area (Å²) in [5.41, 5.74) is 1.29. The third kappa shape index (κ3) is 5.71. The molecule has 134 valence electrons. The van der Waals surface area contributed by atoms with E-state index < -0.39 is 5.82 Å². The molecular weight excluding hydrogens is 343 g/mol. The first-order valence-electron chi connectivity index (χ1n) is 8.22. The van der Waals surface area contributed by atoms with Crippen molar-refractivity contribution < 1.29 is 13.9 Å². The van der Waals surface area contributed by atoms with E-state index in [-0.39, 0.29) is 16.7 Å². The highest BCUT2D eigenvalue weighted by Gasteiger charge is 2.13. The summed E-state index contributed by atoms with van der Waals surface area (Å²) < 4.78 is 19.9. The quantitative estimate of drug-likeness (QED) is 0.677. The molecule has 0 saturated heterocycles. The minimum absolute atomic E-state index is 0.0744. The molecule has 1 heterocycles. The monoisotopic (exact) mass is 364 g/mol. The standard InChI is InChI=1S/C19H22ClFN2O2/c1-12(2)5-4-8-25-19-16(20)9-15(10-17(19)21)14-6-7-22-18(11-14)23-13(3)24/h6-7,9-12H,4-5,8H2,1-3H3,(H,22,23,24). The number of hydrogen-bond acceptors (Lipinski definition) is 3. The van der Waals surface area contributed by atoms with Crippen LogP contribution in [0, 0.1) is 11.7 Å². The predicted molar refractivity (Wildman–Crippen MR) is 98.5 cm³/mol. The van der Waals surface area contributed by atoms with Gasteiger partial charge in [0.05, 0.1) is 11.6 Å². The first kappa shape index (κ1) is 19.2. The molecule has 1 amide bonds. The smallest absolute Gasteiger partial charge is 0.222 e. The normalized spacial score (nSPS) is 10.8. The zero-order chi connectivity index (χ0) is 18.4. The van der Waals surface area contributed by atoms with Gasteiger partial charge in [0.15, 0.2) is 11.6 Å². The Labute approximate surface area is 152 Å². The lowest BCUT2D eigenvalue weighted by atomic mass is 10.1. The topological polar surface area (TPSA) is 51.2 Å². The summed E-state index contributed by atoms with van der Waals surface area (Å²) in [6.07, 6.45) is 3.41. The summed E-state index contributed by atoms with van der Waals surface area (Å²) in [4.78, 5) is 15.2. The first-order chi connectivity index (χ1) is 11.9. The second-order valence-electron chi connectivity index (χ2n) is 6.26. The van der Waals surface area contributed by atoms with Crippen molar-refractivity contribution in [2.45, 2.75) is 33.6 Å². The van der Waals surface area contributed by atoms with E-state index in [2.05, 4.69) is 24.1 Å². The van der Waals surface area contributed by atoms with Crippen LogP contribution in [0.15, 0.2) is 30.5 Å². The number of benzene rings is 1. The van der Waals surface area contributed by atoms with Gasteiger partial charge in [-0.25, -0.2) is 9.37 Å². The Morgan fingerprint density at radius 3 is 2.72 bits per heavy atom. The molecule has 0 radical (unpaired) electrons. The Hall–Kier alpha value is -2.14. The molecule has 0 fully saturated rings. The van der Waals surface area contributed by atoms with Crippen LogP contribution in [0.25, 0.3) is 11.1 Å². The zero-order valence-corrected chi connectivity index (χ0v) is 15.4. The van der Waals surface area contributed by atoms with E-state index in [0.29, 0.717) is 29.5 Å². The molecular formula is C19H22ClFN2O2.